The van der Waals surface area contributed by atoms with Crippen LogP contribution in [0.5, 0.6) is 5.75 Å². The van der Waals surface area contributed by atoms with Crippen LogP contribution in [0.3, 0.4) is 0 Å². The number of hydrogen-bond donors (Lipinski definition) is 2. The average Bonchev–Trinajstić information content (AvgIpc) is 3.80. The number of hydrogen-bond acceptors (Lipinski definition) is 7. The highest BCUT2D eigenvalue weighted by Gasteiger charge is 2.30. The molecule has 2 aromatic carbocycles. The zero-order valence-corrected chi connectivity index (χ0v) is 23.9. The van der Waals surface area contributed by atoms with Crippen LogP contribution in [-0.4, -0.2) is 61.0 Å². The van der Waals surface area contributed by atoms with E-state index in [0.717, 1.165) is 31.2 Å². The highest BCUT2D eigenvalue weighted by Crippen LogP contribution is 2.38. The number of fused-ring (bicyclic) bond motifs is 1. The van der Waals surface area contributed by atoms with Crippen molar-refractivity contribution in [3.05, 3.63) is 77.5 Å². The Labute approximate surface area is 251 Å². The fourth-order valence-corrected chi connectivity index (χ4v) is 6.19. The molecule has 2 fully saturated rings. The smallest absolute Gasteiger partial charge is 0.255 e. The molecule has 43 heavy (non-hydrogen) atoms. The predicted molar refractivity (Wildman–Crippen MR) is 158 cm³/mol. The Kier molecular flexibility index (Phi) is 7.50. The van der Waals surface area contributed by atoms with Gasteiger partial charge in [-0.25, -0.2) is 14.4 Å². The molecule has 220 valence electrons. The molecule has 7 rings (SSSR count). The number of aromatic nitrogens is 6. The van der Waals surface area contributed by atoms with Gasteiger partial charge < -0.3 is 19.4 Å². The summed E-state index contributed by atoms with van der Waals surface area (Å²) in [5, 5.41) is 10.5. The molecule has 1 saturated heterocycles. The number of pyridine rings is 1. The number of rotatable bonds is 7. The molecule has 10 nitrogen and oxygen atoms in total. The monoisotopic (exact) mass is 601 g/mol. The van der Waals surface area contributed by atoms with Crippen LogP contribution < -0.4 is 10.1 Å². The van der Waals surface area contributed by atoms with Gasteiger partial charge in [0.1, 0.15) is 41.0 Å². The number of nitrogens with one attached hydrogen (secondary N) is 2. The molecule has 1 amide bonds. The molecule has 0 radical (unpaired) electrons. The van der Waals surface area contributed by atoms with Crippen molar-refractivity contribution in [1.82, 2.24) is 35.0 Å². The first-order valence-electron chi connectivity index (χ1n) is 14.4. The van der Waals surface area contributed by atoms with E-state index in [4.69, 9.17) is 26.1 Å². The minimum absolute atomic E-state index is 0.0608. The Morgan fingerprint density at radius 2 is 2.05 bits per heavy atom. The van der Waals surface area contributed by atoms with Crippen molar-refractivity contribution < 1.29 is 18.7 Å². The summed E-state index contributed by atoms with van der Waals surface area (Å²) in [6.45, 7) is 1.13. The van der Waals surface area contributed by atoms with E-state index in [1.807, 2.05) is 6.07 Å². The number of halogens is 2. The second-order valence-electron chi connectivity index (χ2n) is 10.9. The number of aromatic amines is 1. The third-order valence-corrected chi connectivity index (χ3v) is 8.30. The van der Waals surface area contributed by atoms with Crippen LogP contribution in [0.25, 0.3) is 33.9 Å². The number of H-pyrrole nitrogens is 1. The van der Waals surface area contributed by atoms with Gasteiger partial charge in [0.05, 0.1) is 36.1 Å². The molecular weight excluding hydrogens is 573 g/mol. The van der Waals surface area contributed by atoms with Gasteiger partial charge in [-0.05, 0) is 62.1 Å². The number of amides is 1. The number of nitrogens with zero attached hydrogens (tertiary/aromatic N) is 5. The molecule has 2 N–H and O–H groups in total. The number of benzene rings is 2. The van der Waals surface area contributed by atoms with Crippen LogP contribution in [0.2, 0.25) is 5.02 Å². The van der Waals surface area contributed by atoms with Gasteiger partial charge in [0.2, 0.25) is 0 Å². The van der Waals surface area contributed by atoms with Crippen molar-refractivity contribution in [3.63, 3.8) is 0 Å². The van der Waals surface area contributed by atoms with Gasteiger partial charge in [-0.3, -0.25) is 14.9 Å². The highest BCUT2D eigenvalue weighted by atomic mass is 35.5. The Morgan fingerprint density at radius 3 is 2.86 bits per heavy atom. The van der Waals surface area contributed by atoms with E-state index in [1.165, 1.54) is 12.4 Å². The van der Waals surface area contributed by atoms with Crippen LogP contribution in [0.4, 0.5) is 4.39 Å². The first-order valence-corrected chi connectivity index (χ1v) is 14.7. The van der Waals surface area contributed by atoms with Crippen LogP contribution >= 0.6 is 11.6 Å². The van der Waals surface area contributed by atoms with Gasteiger partial charge in [0, 0.05) is 23.5 Å². The van der Waals surface area contributed by atoms with Crippen molar-refractivity contribution in [2.75, 3.05) is 13.2 Å². The molecule has 3 aromatic heterocycles. The third kappa shape index (κ3) is 5.57. The van der Waals surface area contributed by atoms with Crippen molar-refractivity contribution in [3.8, 4) is 28.7 Å². The minimum atomic E-state index is -0.357. The first-order chi connectivity index (χ1) is 21.0. The van der Waals surface area contributed by atoms with E-state index >= 15 is 4.39 Å². The Bertz CT molecular complexity index is 1770. The molecule has 1 saturated carbocycles. The maximum atomic E-state index is 15.1. The molecule has 4 heterocycles. The minimum Gasteiger partial charge on any atom is -0.487 e. The summed E-state index contributed by atoms with van der Waals surface area (Å²) in [5.41, 5.74) is 2.85. The fraction of sp³-hybridized carbons (Fsp3) is 0.323. The molecule has 5 aromatic rings. The zero-order chi connectivity index (χ0) is 29.3. The summed E-state index contributed by atoms with van der Waals surface area (Å²) in [4.78, 5) is 27.2. The Hall–Kier alpha value is -4.35. The molecule has 3 atom stereocenters. The van der Waals surface area contributed by atoms with Gasteiger partial charge in [-0.1, -0.05) is 23.7 Å². The van der Waals surface area contributed by atoms with E-state index in [-0.39, 0.29) is 29.9 Å². The molecule has 2 aliphatic rings. The highest BCUT2D eigenvalue weighted by molar-refractivity contribution is 6.31. The first kappa shape index (κ1) is 27.5. The van der Waals surface area contributed by atoms with E-state index in [9.17, 15) is 4.79 Å². The molecule has 1 aliphatic carbocycles. The second kappa shape index (κ2) is 11.7. The lowest BCUT2D eigenvalue weighted by atomic mass is 9.90. The standard InChI is InChI=1S/C31H29ClFN7O3/c32-18-8-9-28(43-21-10-11-42-16-21)23(12-18)31(41)37-19-4-3-5-20(13-19)40-27-14-25(29-35-17-36-39-29)34-15-26(27)38-30(40)22-6-1-2-7-24(22)33/h1-2,6-9,12,14-15,17,19-21H,3-5,10-11,13,16H2,(H,37,41)(H,35,36,39)/t19?,20-,21?/m1/s1. The Morgan fingerprint density at radius 1 is 1.14 bits per heavy atom. The number of carbonyl (C=O) groups excluding carboxylic acids is 1. The maximum absolute atomic E-state index is 15.1. The molecule has 12 heteroatoms. The number of imidazole rings is 1. The largest absolute Gasteiger partial charge is 0.487 e. The van der Waals surface area contributed by atoms with Crippen LogP contribution in [0, 0.1) is 5.82 Å². The number of carbonyl (C=O) groups is 1. The maximum Gasteiger partial charge on any atom is 0.255 e. The van der Waals surface area contributed by atoms with Crippen molar-refractivity contribution in [1.29, 1.82) is 0 Å². The third-order valence-electron chi connectivity index (χ3n) is 8.06. The fourth-order valence-electron chi connectivity index (χ4n) is 6.02. The lowest BCUT2D eigenvalue weighted by Crippen LogP contribution is -2.39. The van der Waals surface area contributed by atoms with Crippen LogP contribution in [0.15, 0.2) is 61.1 Å². The predicted octanol–water partition coefficient (Wildman–Crippen LogP) is 5.76. The van der Waals surface area contributed by atoms with Crippen molar-refractivity contribution in [2.24, 2.45) is 0 Å². The van der Waals surface area contributed by atoms with E-state index < -0.39 is 0 Å². The SMILES string of the molecule is O=C(NC1CCC[C@@H](n2c(-c3ccccc3F)nc3cnc(-c4ncn[nH]4)cc32)C1)c1cc(Cl)ccc1OC1CCOC1. The lowest BCUT2D eigenvalue weighted by molar-refractivity contribution is 0.0910. The number of ether oxygens (including phenoxy) is 2. The summed E-state index contributed by atoms with van der Waals surface area (Å²) in [6, 6.07) is 13.4. The van der Waals surface area contributed by atoms with E-state index in [1.54, 1.807) is 42.6 Å². The van der Waals surface area contributed by atoms with Crippen molar-refractivity contribution >= 4 is 28.5 Å². The Balaban J connectivity index is 1.21. The topological polar surface area (TPSA) is 120 Å². The molecule has 2 unspecified atom stereocenters. The molecule has 1 aliphatic heterocycles. The summed E-state index contributed by atoms with van der Waals surface area (Å²) >= 11 is 6.29. The summed E-state index contributed by atoms with van der Waals surface area (Å²) in [7, 11) is 0. The van der Waals surface area contributed by atoms with Crippen molar-refractivity contribution in [2.45, 2.75) is 50.3 Å². The molecule has 0 bridgehead atoms. The quantitative estimate of drug-likeness (QED) is 0.243. The lowest BCUT2D eigenvalue weighted by Gasteiger charge is -2.32. The normalized spacial score (nSPS) is 20.4. The van der Waals surface area contributed by atoms with Gasteiger partial charge in [0.15, 0.2) is 5.82 Å². The van der Waals surface area contributed by atoms with Gasteiger partial charge >= 0.3 is 0 Å². The molecule has 0 spiro atoms. The zero-order valence-electron chi connectivity index (χ0n) is 23.2. The van der Waals surface area contributed by atoms with E-state index in [2.05, 4.69) is 30.0 Å². The van der Waals surface area contributed by atoms with Crippen LogP contribution in [-0.2, 0) is 4.74 Å². The van der Waals surface area contributed by atoms with Gasteiger partial charge in [-0.15, -0.1) is 0 Å². The average molecular weight is 602 g/mol. The second-order valence-corrected chi connectivity index (χ2v) is 11.3. The van der Waals surface area contributed by atoms with Gasteiger partial charge in [-0.2, -0.15) is 5.10 Å². The van der Waals surface area contributed by atoms with Crippen LogP contribution in [0.1, 0.15) is 48.5 Å². The van der Waals surface area contributed by atoms with E-state index in [0.29, 0.717) is 64.4 Å². The van der Waals surface area contributed by atoms with Gasteiger partial charge in [0.25, 0.3) is 5.91 Å². The summed E-state index contributed by atoms with van der Waals surface area (Å²) in [5.74, 6) is 0.929. The summed E-state index contributed by atoms with van der Waals surface area (Å²) in [6.07, 6.45) is 6.91. The molecular formula is C31H29ClFN7O3. The summed E-state index contributed by atoms with van der Waals surface area (Å²) < 4.78 is 28.8.